The van der Waals surface area contributed by atoms with Gasteiger partial charge in [-0.15, -0.1) is 24.0 Å². The average molecular weight is 485 g/mol. The smallest absolute Gasteiger partial charge is 0.221 e. The zero-order valence-electron chi connectivity index (χ0n) is 16.1. The lowest BCUT2D eigenvalue weighted by molar-refractivity contribution is -0.123. The summed E-state index contributed by atoms with van der Waals surface area (Å²) in [5.74, 6) is 0.753. The highest BCUT2D eigenvalue weighted by molar-refractivity contribution is 14.0. The van der Waals surface area contributed by atoms with Crippen molar-refractivity contribution in [2.24, 2.45) is 16.6 Å². The van der Waals surface area contributed by atoms with Crippen LogP contribution in [0.3, 0.4) is 0 Å². The Morgan fingerprint density at radius 1 is 1.40 bits per heavy atom. The summed E-state index contributed by atoms with van der Waals surface area (Å²) in [6, 6.07) is 0. The molecule has 1 unspecified atom stereocenters. The van der Waals surface area contributed by atoms with Gasteiger partial charge in [-0.05, 0) is 59.4 Å². The maximum atomic E-state index is 11.3. The normalized spacial score (nSPS) is 19.2. The van der Waals surface area contributed by atoms with Gasteiger partial charge in [-0.1, -0.05) is 0 Å². The minimum atomic E-state index is -0.157. The summed E-state index contributed by atoms with van der Waals surface area (Å²) >= 11 is 1.83. The predicted octanol–water partition coefficient (Wildman–Crippen LogP) is 1.89. The van der Waals surface area contributed by atoms with Crippen molar-refractivity contribution in [2.45, 2.75) is 44.8 Å². The summed E-state index contributed by atoms with van der Waals surface area (Å²) in [6.07, 6.45) is 5.15. The van der Waals surface area contributed by atoms with Crippen molar-refractivity contribution in [2.75, 3.05) is 45.5 Å². The molecule has 0 spiro atoms. The van der Waals surface area contributed by atoms with Gasteiger partial charge in [0.2, 0.25) is 5.91 Å². The van der Waals surface area contributed by atoms with E-state index in [4.69, 9.17) is 5.73 Å². The number of hydrogen-bond donors (Lipinski definition) is 3. The fourth-order valence-corrected chi connectivity index (χ4v) is 2.87. The Balaban J connectivity index is 0.00000576. The quantitative estimate of drug-likeness (QED) is 0.201. The zero-order valence-corrected chi connectivity index (χ0v) is 19.3. The molecule has 0 aromatic rings. The van der Waals surface area contributed by atoms with Crippen molar-refractivity contribution in [1.29, 1.82) is 0 Å². The molecule has 1 saturated heterocycles. The average Bonchev–Trinajstić information content (AvgIpc) is 2.56. The Morgan fingerprint density at radius 3 is 2.72 bits per heavy atom. The molecule has 0 bridgehead atoms. The molecule has 4 N–H and O–H groups in total. The van der Waals surface area contributed by atoms with Gasteiger partial charge in [0.25, 0.3) is 0 Å². The SMILES string of the molecule is CCNC(=NCC(C)(C)SC)NCCCN1CCCC(C(N)=O)C1.I. The summed E-state index contributed by atoms with van der Waals surface area (Å²) < 4.78 is 0.153. The number of nitrogens with zero attached hydrogens (tertiary/aromatic N) is 2. The largest absolute Gasteiger partial charge is 0.369 e. The second kappa shape index (κ2) is 13.0. The number of piperidine rings is 1. The number of hydrogen-bond acceptors (Lipinski definition) is 4. The molecule has 1 heterocycles. The van der Waals surface area contributed by atoms with Crippen LogP contribution < -0.4 is 16.4 Å². The number of primary amides is 1. The lowest BCUT2D eigenvalue weighted by Crippen LogP contribution is -2.43. The van der Waals surface area contributed by atoms with Crippen molar-refractivity contribution in [3.8, 4) is 0 Å². The highest BCUT2D eigenvalue weighted by atomic mass is 127. The Hall–Kier alpha value is -0.220. The Bertz CT molecular complexity index is 420. The van der Waals surface area contributed by atoms with E-state index in [0.29, 0.717) is 0 Å². The van der Waals surface area contributed by atoms with Crippen LogP contribution in [0.25, 0.3) is 0 Å². The van der Waals surface area contributed by atoms with Gasteiger partial charge in [0, 0.05) is 24.4 Å². The lowest BCUT2D eigenvalue weighted by Gasteiger charge is -2.31. The fourth-order valence-electron chi connectivity index (χ4n) is 2.68. The topological polar surface area (TPSA) is 82.8 Å². The first-order valence-corrected chi connectivity index (χ1v) is 10.2. The van der Waals surface area contributed by atoms with E-state index in [0.717, 1.165) is 64.5 Å². The summed E-state index contributed by atoms with van der Waals surface area (Å²) in [5, 5.41) is 6.70. The summed E-state index contributed by atoms with van der Waals surface area (Å²) in [6.45, 7) is 11.9. The molecule has 148 valence electrons. The first-order valence-electron chi connectivity index (χ1n) is 8.97. The molecule has 0 saturated carbocycles. The van der Waals surface area contributed by atoms with Crippen LogP contribution in [-0.4, -0.2) is 67.0 Å². The number of aliphatic imine (C=N–C) groups is 1. The van der Waals surface area contributed by atoms with Crippen LogP contribution in [-0.2, 0) is 4.79 Å². The second-order valence-corrected chi connectivity index (χ2v) is 8.49. The molecule has 0 aromatic heterocycles. The molecule has 6 nitrogen and oxygen atoms in total. The minimum Gasteiger partial charge on any atom is -0.369 e. The van der Waals surface area contributed by atoms with Crippen LogP contribution in [0.2, 0.25) is 0 Å². The number of amides is 1. The maximum absolute atomic E-state index is 11.3. The summed E-state index contributed by atoms with van der Waals surface area (Å²) in [7, 11) is 0. The number of carbonyl (C=O) groups excluding carboxylic acids is 1. The molecule has 1 aliphatic heterocycles. The van der Waals surface area contributed by atoms with Gasteiger partial charge in [0.1, 0.15) is 0 Å². The van der Waals surface area contributed by atoms with E-state index in [1.165, 1.54) is 0 Å². The van der Waals surface area contributed by atoms with E-state index in [2.05, 4.69) is 47.6 Å². The van der Waals surface area contributed by atoms with Gasteiger partial charge in [0.05, 0.1) is 12.5 Å². The molecule has 1 fully saturated rings. The number of likely N-dealkylation sites (tertiary alicyclic amines) is 1. The third kappa shape index (κ3) is 10.5. The fraction of sp³-hybridized carbons (Fsp3) is 0.882. The minimum absolute atomic E-state index is 0. The van der Waals surface area contributed by atoms with Gasteiger partial charge in [-0.2, -0.15) is 11.8 Å². The van der Waals surface area contributed by atoms with Crippen molar-refractivity contribution in [1.82, 2.24) is 15.5 Å². The van der Waals surface area contributed by atoms with E-state index in [9.17, 15) is 4.79 Å². The first-order chi connectivity index (χ1) is 11.4. The van der Waals surface area contributed by atoms with Crippen LogP contribution in [0.5, 0.6) is 0 Å². The van der Waals surface area contributed by atoms with Crippen molar-refractivity contribution in [3.63, 3.8) is 0 Å². The van der Waals surface area contributed by atoms with Crippen molar-refractivity contribution in [3.05, 3.63) is 0 Å². The summed E-state index contributed by atoms with van der Waals surface area (Å²) in [5.41, 5.74) is 5.43. The highest BCUT2D eigenvalue weighted by Gasteiger charge is 2.23. The van der Waals surface area contributed by atoms with E-state index in [-0.39, 0.29) is 40.5 Å². The van der Waals surface area contributed by atoms with Gasteiger partial charge in [-0.25, -0.2) is 0 Å². The Morgan fingerprint density at radius 2 is 2.12 bits per heavy atom. The predicted molar refractivity (Wildman–Crippen MR) is 120 cm³/mol. The third-order valence-electron chi connectivity index (χ3n) is 4.37. The maximum Gasteiger partial charge on any atom is 0.221 e. The number of carbonyl (C=O) groups is 1. The van der Waals surface area contributed by atoms with E-state index in [1.54, 1.807) is 0 Å². The Kier molecular flexibility index (Phi) is 12.9. The molecular weight excluding hydrogens is 449 g/mol. The van der Waals surface area contributed by atoms with Crippen molar-refractivity contribution >= 4 is 47.6 Å². The van der Waals surface area contributed by atoms with E-state index >= 15 is 0 Å². The molecule has 25 heavy (non-hydrogen) atoms. The molecule has 0 aliphatic carbocycles. The molecule has 1 rings (SSSR count). The number of guanidine groups is 1. The lowest BCUT2D eigenvalue weighted by atomic mass is 9.97. The first kappa shape index (κ1) is 24.8. The van der Waals surface area contributed by atoms with Crippen LogP contribution in [0, 0.1) is 5.92 Å². The van der Waals surface area contributed by atoms with Crippen LogP contribution in [0.1, 0.15) is 40.0 Å². The molecule has 0 radical (unpaired) electrons. The third-order valence-corrected chi connectivity index (χ3v) is 5.60. The van der Waals surface area contributed by atoms with Gasteiger partial charge in [-0.3, -0.25) is 9.79 Å². The zero-order chi connectivity index (χ0) is 18.0. The standard InChI is InChI=1S/C17H35N5OS.HI/c1-5-19-16(21-13-17(2,3)24-4)20-9-7-11-22-10-6-8-14(12-22)15(18)23;/h14H,5-13H2,1-4H3,(H2,18,23)(H2,19,20,21);1H. The summed E-state index contributed by atoms with van der Waals surface area (Å²) in [4.78, 5) is 18.3. The van der Waals surface area contributed by atoms with Gasteiger partial charge >= 0.3 is 0 Å². The number of nitrogens with one attached hydrogen (secondary N) is 2. The van der Waals surface area contributed by atoms with Crippen LogP contribution in [0.4, 0.5) is 0 Å². The van der Waals surface area contributed by atoms with E-state index < -0.39 is 0 Å². The molecule has 1 aliphatic rings. The molecule has 1 amide bonds. The number of thioether (sulfide) groups is 1. The van der Waals surface area contributed by atoms with Crippen LogP contribution >= 0.6 is 35.7 Å². The number of nitrogens with two attached hydrogens (primary N) is 1. The van der Waals surface area contributed by atoms with Crippen molar-refractivity contribution < 1.29 is 4.79 Å². The molecule has 1 atom stereocenters. The number of rotatable bonds is 9. The van der Waals surface area contributed by atoms with Gasteiger partial charge < -0.3 is 21.3 Å². The van der Waals surface area contributed by atoms with Crippen LogP contribution in [0.15, 0.2) is 4.99 Å². The van der Waals surface area contributed by atoms with Gasteiger partial charge in [0.15, 0.2) is 5.96 Å². The Labute approximate surface area is 174 Å². The number of halogens is 1. The molecular formula is C17H36IN5OS. The highest BCUT2D eigenvalue weighted by Crippen LogP contribution is 2.21. The second-order valence-electron chi connectivity index (χ2n) is 6.98. The monoisotopic (exact) mass is 485 g/mol. The molecule has 8 heteroatoms. The molecule has 0 aromatic carbocycles. The van der Waals surface area contributed by atoms with E-state index in [1.807, 2.05) is 11.8 Å².